The van der Waals surface area contributed by atoms with Gasteiger partial charge in [0.05, 0.1) is 0 Å². The zero-order valence-corrected chi connectivity index (χ0v) is 7.96. The van der Waals surface area contributed by atoms with Gasteiger partial charge in [0, 0.05) is 24.4 Å². The summed E-state index contributed by atoms with van der Waals surface area (Å²) in [6, 6.07) is 0. The van der Waals surface area contributed by atoms with Gasteiger partial charge in [0.25, 0.3) is 0 Å². The summed E-state index contributed by atoms with van der Waals surface area (Å²) in [6.45, 7) is 3.57. The molecule has 0 radical (unpaired) electrons. The topological polar surface area (TPSA) is 74.3 Å². The van der Waals surface area contributed by atoms with E-state index >= 15 is 0 Å². The molecule has 4 N–H and O–H groups in total. The number of amidine groups is 1. The molecule has 0 aromatic rings. The fourth-order valence-corrected chi connectivity index (χ4v) is 1.02. The zero-order valence-electron chi connectivity index (χ0n) is 7.96. The van der Waals surface area contributed by atoms with Crippen molar-refractivity contribution in [1.29, 1.82) is 5.41 Å². The summed E-state index contributed by atoms with van der Waals surface area (Å²) in [7, 11) is 0. The maximum atomic E-state index is 7.03. The highest BCUT2D eigenvalue weighted by atomic mass is 15.0. The van der Waals surface area contributed by atoms with Crippen LogP contribution < -0.4 is 11.1 Å². The van der Waals surface area contributed by atoms with Crippen molar-refractivity contribution in [2.24, 2.45) is 10.7 Å². The van der Waals surface area contributed by atoms with Crippen molar-refractivity contribution in [2.45, 2.75) is 12.8 Å². The van der Waals surface area contributed by atoms with Gasteiger partial charge in [-0.15, -0.1) is 0 Å². The fraction of sp³-hybridized carbons (Fsp3) is 0.200. The first-order valence-corrected chi connectivity index (χ1v) is 4.39. The van der Waals surface area contributed by atoms with Crippen molar-refractivity contribution in [2.75, 3.05) is 0 Å². The molecular formula is C10H14N4. The number of aliphatic imine (C=N–C) groups is 1. The molecule has 0 unspecified atom stereocenters. The van der Waals surface area contributed by atoms with E-state index in [4.69, 9.17) is 11.1 Å². The molecule has 14 heavy (non-hydrogen) atoms. The van der Waals surface area contributed by atoms with Crippen LogP contribution in [0, 0.1) is 5.41 Å². The summed E-state index contributed by atoms with van der Waals surface area (Å²) in [5.74, 6) is 1.37. The van der Waals surface area contributed by atoms with Crippen LogP contribution in [0.2, 0.25) is 0 Å². The third kappa shape index (κ3) is 2.90. The van der Waals surface area contributed by atoms with Crippen LogP contribution in [0.25, 0.3) is 0 Å². The van der Waals surface area contributed by atoms with Gasteiger partial charge in [0.1, 0.15) is 11.7 Å². The maximum absolute atomic E-state index is 7.03. The Hall–Kier alpha value is -1.84. The SMILES string of the molecule is C=C/C(C=N)=C/NC1=CCCC(N)=N1. The molecule has 0 spiro atoms. The molecule has 4 nitrogen and oxygen atoms in total. The predicted molar refractivity (Wildman–Crippen MR) is 59.1 cm³/mol. The van der Waals surface area contributed by atoms with Crippen LogP contribution in [0.3, 0.4) is 0 Å². The van der Waals surface area contributed by atoms with Crippen molar-refractivity contribution >= 4 is 12.1 Å². The number of rotatable bonds is 4. The highest BCUT2D eigenvalue weighted by molar-refractivity contribution is 5.82. The van der Waals surface area contributed by atoms with Crippen molar-refractivity contribution in [3.05, 3.63) is 36.3 Å². The van der Waals surface area contributed by atoms with E-state index in [2.05, 4.69) is 16.9 Å². The molecule has 0 bridgehead atoms. The Balaban J connectivity index is 2.61. The number of nitrogens with two attached hydrogens (primary N) is 1. The summed E-state index contributed by atoms with van der Waals surface area (Å²) in [4.78, 5) is 4.11. The lowest BCUT2D eigenvalue weighted by Gasteiger charge is -2.09. The van der Waals surface area contributed by atoms with Gasteiger partial charge < -0.3 is 16.5 Å². The Kier molecular flexibility index (Phi) is 3.67. The molecule has 4 heteroatoms. The molecule has 0 aliphatic carbocycles. The van der Waals surface area contributed by atoms with Gasteiger partial charge in [-0.2, -0.15) is 0 Å². The van der Waals surface area contributed by atoms with Crippen LogP contribution in [0.15, 0.2) is 41.3 Å². The standard InChI is InChI=1S/C10H14N4/c1-2-8(6-11)7-13-10-5-3-4-9(12)14-10/h2,5-7,11,13H,1,3-4H2,(H2,12,14)/b8-7-,11-6?. The van der Waals surface area contributed by atoms with Gasteiger partial charge in [-0.1, -0.05) is 12.7 Å². The van der Waals surface area contributed by atoms with Gasteiger partial charge >= 0.3 is 0 Å². The quantitative estimate of drug-likeness (QED) is 0.461. The Morgan fingerprint density at radius 1 is 1.71 bits per heavy atom. The highest BCUT2D eigenvalue weighted by Crippen LogP contribution is 2.06. The number of hydrogen-bond donors (Lipinski definition) is 3. The monoisotopic (exact) mass is 190 g/mol. The summed E-state index contributed by atoms with van der Waals surface area (Å²) < 4.78 is 0. The van der Waals surface area contributed by atoms with E-state index in [-0.39, 0.29) is 0 Å². The third-order valence-electron chi connectivity index (χ3n) is 1.79. The van der Waals surface area contributed by atoms with E-state index in [0.717, 1.165) is 18.7 Å². The molecule has 1 rings (SSSR count). The van der Waals surface area contributed by atoms with Crippen LogP contribution in [0.1, 0.15) is 12.8 Å². The van der Waals surface area contributed by atoms with Crippen LogP contribution in [0.4, 0.5) is 0 Å². The van der Waals surface area contributed by atoms with Crippen LogP contribution in [0.5, 0.6) is 0 Å². The number of nitrogens with zero attached hydrogens (tertiary/aromatic N) is 1. The molecule has 0 fully saturated rings. The molecule has 0 aromatic carbocycles. The first-order valence-electron chi connectivity index (χ1n) is 4.39. The van der Waals surface area contributed by atoms with Crippen LogP contribution >= 0.6 is 0 Å². The predicted octanol–water partition coefficient (Wildman–Crippen LogP) is 1.29. The second-order valence-corrected chi connectivity index (χ2v) is 2.87. The second kappa shape index (κ2) is 5.01. The Morgan fingerprint density at radius 3 is 3.07 bits per heavy atom. The number of nitrogens with one attached hydrogen (secondary N) is 2. The molecule has 0 saturated carbocycles. The van der Waals surface area contributed by atoms with Gasteiger partial charge in [0.2, 0.25) is 0 Å². The molecule has 1 aliphatic rings. The minimum Gasteiger partial charge on any atom is -0.387 e. The summed E-state index contributed by atoms with van der Waals surface area (Å²) in [6.07, 6.45) is 8.17. The highest BCUT2D eigenvalue weighted by Gasteiger charge is 2.01. The molecule has 0 atom stereocenters. The van der Waals surface area contributed by atoms with Gasteiger partial charge in [-0.05, 0) is 12.5 Å². The Bertz CT molecular complexity index is 313. The van der Waals surface area contributed by atoms with Crippen molar-refractivity contribution in [1.82, 2.24) is 5.32 Å². The van der Waals surface area contributed by atoms with Crippen molar-refractivity contribution < 1.29 is 0 Å². The summed E-state index contributed by atoms with van der Waals surface area (Å²) in [5.41, 5.74) is 6.28. The average molecular weight is 190 g/mol. The van der Waals surface area contributed by atoms with Gasteiger partial charge in [-0.25, -0.2) is 4.99 Å². The lowest BCUT2D eigenvalue weighted by molar-refractivity contribution is 0.927. The second-order valence-electron chi connectivity index (χ2n) is 2.87. The molecule has 74 valence electrons. The van der Waals surface area contributed by atoms with E-state index in [0.29, 0.717) is 11.4 Å². The smallest absolute Gasteiger partial charge is 0.127 e. The normalized spacial score (nSPS) is 16.7. The van der Waals surface area contributed by atoms with E-state index in [9.17, 15) is 0 Å². The fourth-order valence-electron chi connectivity index (χ4n) is 1.02. The van der Waals surface area contributed by atoms with Crippen LogP contribution in [-0.2, 0) is 0 Å². The van der Waals surface area contributed by atoms with Gasteiger partial charge in [0.15, 0.2) is 0 Å². The van der Waals surface area contributed by atoms with Crippen molar-refractivity contribution in [3.63, 3.8) is 0 Å². The lowest BCUT2D eigenvalue weighted by Crippen LogP contribution is -2.17. The Morgan fingerprint density at radius 2 is 2.50 bits per heavy atom. The third-order valence-corrected chi connectivity index (χ3v) is 1.79. The zero-order chi connectivity index (χ0) is 10.4. The first-order chi connectivity index (χ1) is 6.76. The lowest BCUT2D eigenvalue weighted by atomic mass is 10.2. The van der Waals surface area contributed by atoms with Gasteiger partial charge in [-0.3, -0.25) is 0 Å². The van der Waals surface area contributed by atoms with E-state index < -0.39 is 0 Å². The summed E-state index contributed by atoms with van der Waals surface area (Å²) in [5, 5.41) is 10.00. The Labute approximate surface area is 83.4 Å². The minimum absolute atomic E-state index is 0.637. The first kappa shape index (κ1) is 10.2. The molecule has 0 saturated heterocycles. The number of allylic oxidation sites excluding steroid dienone is 3. The number of hydrogen-bond acceptors (Lipinski definition) is 4. The molecule has 1 heterocycles. The minimum atomic E-state index is 0.637. The maximum Gasteiger partial charge on any atom is 0.127 e. The molecule has 0 amide bonds. The summed E-state index contributed by atoms with van der Waals surface area (Å²) >= 11 is 0. The van der Waals surface area contributed by atoms with Crippen molar-refractivity contribution in [3.8, 4) is 0 Å². The molecule has 1 aliphatic heterocycles. The van der Waals surface area contributed by atoms with E-state index in [1.165, 1.54) is 6.21 Å². The molecule has 0 aromatic heterocycles. The van der Waals surface area contributed by atoms with E-state index in [1.807, 2.05) is 6.08 Å². The van der Waals surface area contributed by atoms with Crippen LogP contribution in [-0.4, -0.2) is 12.1 Å². The largest absolute Gasteiger partial charge is 0.387 e. The van der Waals surface area contributed by atoms with E-state index in [1.54, 1.807) is 12.3 Å². The average Bonchev–Trinajstić information content (AvgIpc) is 2.19. The molecular weight excluding hydrogens is 176 g/mol.